The van der Waals surface area contributed by atoms with Crippen LogP contribution < -0.4 is 11.3 Å². The summed E-state index contributed by atoms with van der Waals surface area (Å²) >= 11 is 7.77. The van der Waals surface area contributed by atoms with E-state index in [9.17, 15) is 4.39 Å². The minimum absolute atomic E-state index is 0.105. The second-order valence-electron chi connectivity index (χ2n) is 4.71. The molecule has 2 nitrogen and oxygen atoms in total. The van der Waals surface area contributed by atoms with Gasteiger partial charge in [0, 0.05) is 11.8 Å². The second-order valence-corrected chi connectivity index (χ2v) is 6.16. The number of rotatable bonds is 7. The van der Waals surface area contributed by atoms with Crippen molar-refractivity contribution < 1.29 is 4.39 Å². The molecule has 1 aromatic rings. The normalized spacial score (nSPS) is 13.0. The van der Waals surface area contributed by atoms with Crippen LogP contribution in [0.25, 0.3) is 0 Å². The maximum atomic E-state index is 13.3. The third-order valence-corrected chi connectivity index (χ3v) is 4.47. The molecule has 0 saturated carbocycles. The van der Waals surface area contributed by atoms with E-state index in [1.807, 2.05) is 17.8 Å². The van der Waals surface area contributed by atoms with Gasteiger partial charge in [0.1, 0.15) is 5.82 Å². The Morgan fingerprint density at radius 1 is 1.39 bits per heavy atom. The third-order valence-electron chi connectivity index (χ3n) is 2.50. The molecule has 1 unspecified atom stereocenters. The summed E-state index contributed by atoms with van der Waals surface area (Å²) in [5.74, 6) is 7.79. The van der Waals surface area contributed by atoms with Crippen LogP contribution in [-0.2, 0) is 6.42 Å². The molecule has 102 valence electrons. The molecule has 5 heteroatoms. The molecule has 0 spiro atoms. The van der Waals surface area contributed by atoms with Gasteiger partial charge >= 0.3 is 0 Å². The lowest BCUT2D eigenvalue weighted by Gasteiger charge is -2.17. The molecular formula is C13H20ClFN2S. The van der Waals surface area contributed by atoms with Gasteiger partial charge in [-0.1, -0.05) is 37.6 Å². The highest BCUT2D eigenvalue weighted by Crippen LogP contribution is 2.21. The summed E-state index contributed by atoms with van der Waals surface area (Å²) in [7, 11) is 0. The van der Waals surface area contributed by atoms with Gasteiger partial charge < -0.3 is 0 Å². The monoisotopic (exact) mass is 290 g/mol. The lowest BCUT2D eigenvalue weighted by molar-refractivity contribution is 0.570. The molecule has 0 bridgehead atoms. The highest BCUT2D eigenvalue weighted by molar-refractivity contribution is 7.99. The smallest absolute Gasteiger partial charge is 0.142 e. The van der Waals surface area contributed by atoms with Crippen molar-refractivity contribution in [3.8, 4) is 0 Å². The largest absolute Gasteiger partial charge is 0.271 e. The third kappa shape index (κ3) is 5.14. The van der Waals surface area contributed by atoms with Gasteiger partial charge in [0.2, 0.25) is 0 Å². The van der Waals surface area contributed by atoms with E-state index in [1.54, 1.807) is 6.07 Å². The molecule has 18 heavy (non-hydrogen) atoms. The number of hydrazine groups is 1. The molecule has 0 aliphatic rings. The van der Waals surface area contributed by atoms with Gasteiger partial charge in [-0.25, -0.2) is 4.39 Å². The zero-order valence-electron chi connectivity index (χ0n) is 10.7. The summed E-state index contributed by atoms with van der Waals surface area (Å²) in [6.07, 6.45) is 0.637. The fourth-order valence-electron chi connectivity index (χ4n) is 1.58. The lowest BCUT2D eigenvalue weighted by atomic mass is 10.1. The maximum absolute atomic E-state index is 13.3. The number of hydrogen-bond donors (Lipinski definition) is 2. The summed E-state index contributed by atoms with van der Waals surface area (Å²) in [6.45, 7) is 4.36. The van der Waals surface area contributed by atoms with Crippen LogP contribution in [0, 0.1) is 11.7 Å². The zero-order valence-corrected chi connectivity index (χ0v) is 12.3. The van der Waals surface area contributed by atoms with Crippen molar-refractivity contribution in [3.63, 3.8) is 0 Å². The summed E-state index contributed by atoms with van der Waals surface area (Å²) in [6, 6.07) is 4.98. The SMILES string of the molecule is CC(C)CSCC(Cc1cccc(F)c1Cl)NN. The molecule has 1 aromatic carbocycles. The second kappa shape index (κ2) is 8.00. The van der Waals surface area contributed by atoms with Gasteiger partial charge in [-0.05, 0) is 29.7 Å². The lowest BCUT2D eigenvalue weighted by Crippen LogP contribution is -2.39. The van der Waals surface area contributed by atoms with Crippen molar-refractivity contribution in [1.29, 1.82) is 0 Å². The molecule has 1 atom stereocenters. The Bertz CT molecular complexity index is 374. The molecule has 0 amide bonds. The molecule has 0 aliphatic carbocycles. The first-order valence-corrected chi connectivity index (χ1v) is 7.54. The molecule has 0 aromatic heterocycles. The van der Waals surface area contributed by atoms with Crippen LogP contribution in [-0.4, -0.2) is 17.5 Å². The zero-order chi connectivity index (χ0) is 13.5. The highest BCUT2D eigenvalue weighted by Gasteiger charge is 2.12. The van der Waals surface area contributed by atoms with Crippen molar-refractivity contribution in [1.82, 2.24) is 5.43 Å². The van der Waals surface area contributed by atoms with Gasteiger partial charge in [0.25, 0.3) is 0 Å². The Hall–Kier alpha value is -0.290. The quantitative estimate of drug-likeness (QED) is 0.598. The standard InChI is InChI=1S/C13H20ClFN2S/c1-9(2)7-18-8-11(17-16)6-10-4-3-5-12(15)13(10)14/h3-5,9,11,17H,6-8,16H2,1-2H3. The van der Waals surface area contributed by atoms with Gasteiger partial charge in [-0.15, -0.1) is 0 Å². The minimum Gasteiger partial charge on any atom is -0.271 e. The van der Waals surface area contributed by atoms with Crippen molar-refractivity contribution in [2.24, 2.45) is 11.8 Å². The van der Waals surface area contributed by atoms with Crippen LogP contribution in [0.15, 0.2) is 18.2 Å². The van der Waals surface area contributed by atoms with Crippen LogP contribution in [0.3, 0.4) is 0 Å². The van der Waals surface area contributed by atoms with Crippen molar-refractivity contribution in [3.05, 3.63) is 34.6 Å². The molecular weight excluding hydrogens is 271 g/mol. The van der Waals surface area contributed by atoms with E-state index in [4.69, 9.17) is 17.4 Å². The van der Waals surface area contributed by atoms with Crippen LogP contribution >= 0.6 is 23.4 Å². The first kappa shape index (κ1) is 15.8. The fraction of sp³-hybridized carbons (Fsp3) is 0.538. The summed E-state index contributed by atoms with van der Waals surface area (Å²) in [4.78, 5) is 0. The number of nitrogens with two attached hydrogens (primary N) is 1. The number of nitrogens with one attached hydrogen (secondary N) is 1. The molecule has 0 aliphatic heterocycles. The Labute approximate surface area is 117 Å². The van der Waals surface area contributed by atoms with Gasteiger partial charge in [-0.2, -0.15) is 11.8 Å². The topological polar surface area (TPSA) is 38.0 Å². The molecule has 0 heterocycles. The van der Waals surface area contributed by atoms with Crippen LogP contribution in [0.5, 0.6) is 0 Å². The summed E-state index contributed by atoms with van der Waals surface area (Å²) in [5, 5.41) is 0.201. The van der Waals surface area contributed by atoms with Crippen LogP contribution in [0.4, 0.5) is 4.39 Å². The van der Waals surface area contributed by atoms with Crippen LogP contribution in [0.1, 0.15) is 19.4 Å². The van der Waals surface area contributed by atoms with E-state index in [-0.39, 0.29) is 16.9 Å². The van der Waals surface area contributed by atoms with E-state index >= 15 is 0 Å². The average Bonchev–Trinajstić information content (AvgIpc) is 2.33. The van der Waals surface area contributed by atoms with Crippen LogP contribution in [0.2, 0.25) is 5.02 Å². The first-order chi connectivity index (χ1) is 8.54. The predicted molar refractivity (Wildman–Crippen MR) is 78.4 cm³/mol. The van der Waals surface area contributed by atoms with Gasteiger partial charge in [0.05, 0.1) is 5.02 Å². The van der Waals surface area contributed by atoms with E-state index in [0.717, 1.165) is 17.1 Å². The van der Waals surface area contributed by atoms with E-state index in [1.165, 1.54) is 6.07 Å². The number of thioether (sulfide) groups is 1. The van der Waals surface area contributed by atoms with Gasteiger partial charge in [0.15, 0.2) is 0 Å². The Balaban J connectivity index is 2.54. The number of benzene rings is 1. The van der Waals surface area contributed by atoms with Crippen molar-refractivity contribution in [2.75, 3.05) is 11.5 Å². The van der Waals surface area contributed by atoms with Crippen molar-refractivity contribution in [2.45, 2.75) is 26.3 Å². The highest BCUT2D eigenvalue weighted by atomic mass is 35.5. The molecule has 0 radical (unpaired) electrons. The Kier molecular flexibility index (Phi) is 7.00. The van der Waals surface area contributed by atoms with E-state index in [0.29, 0.717) is 12.3 Å². The predicted octanol–water partition coefficient (Wildman–Crippen LogP) is 3.24. The Morgan fingerprint density at radius 3 is 2.72 bits per heavy atom. The van der Waals surface area contributed by atoms with E-state index < -0.39 is 0 Å². The summed E-state index contributed by atoms with van der Waals surface area (Å²) < 4.78 is 13.3. The maximum Gasteiger partial charge on any atom is 0.142 e. The van der Waals surface area contributed by atoms with Gasteiger partial charge in [-0.3, -0.25) is 11.3 Å². The summed E-state index contributed by atoms with van der Waals surface area (Å²) in [5.41, 5.74) is 3.57. The molecule has 1 rings (SSSR count). The first-order valence-electron chi connectivity index (χ1n) is 6.01. The molecule has 3 N–H and O–H groups in total. The number of hydrogen-bond acceptors (Lipinski definition) is 3. The van der Waals surface area contributed by atoms with Crippen molar-refractivity contribution >= 4 is 23.4 Å². The molecule has 0 fully saturated rings. The number of halogens is 2. The Morgan fingerprint density at radius 2 is 2.11 bits per heavy atom. The average molecular weight is 291 g/mol. The minimum atomic E-state index is -0.375. The fourth-order valence-corrected chi connectivity index (χ4v) is 2.89. The molecule has 0 saturated heterocycles. The van der Waals surface area contributed by atoms with E-state index in [2.05, 4.69) is 19.3 Å².